The Hall–Kier alpha value is -1.20. The van der Waals surface area contributed by atoms with Crippen molar-refractivity contribution < 1.29 is 4.74 Å². The van der Waals surface area contributed by atoms with Crippen LogP contribution in [0.2, 0.25) is 0 Å². The summed E-state index contributed by atoms with van der Waals surface area (Å²) in [7, 11) is 1.69. The van der Waals surface area contributed by atoms with Crippen LogP contribution in [-0.4, -0.2) is 28.5 Å². The molecule has 0 spiro atoms. The van der Waals surface area contributed by atoms with Gasteiger partial charge in [0.15, 0.2) is 5.82 Å². The van der Waals surface area contributed by atoms with Crippen molar-refractivity contribution in [3.8, 4) is 11.4 Å². The smallest absolute Gasteiger partial charge is 0.163 e. The van der Waals surface area contributed by atoms with E-state index in [1.54, 1.807) is 13.4 Å². The molecule has 0 fully saturated rings. The van der Waals surface area contributed by atoms with Gasteiger partial charge in [-0.1, -0.05) is 15.9 Å². The summed E-state index contributed by atoms with van der Waals surface area (Å²) >= 11 is 3.49. The van der Waals surface area contributed by atoms with E-state index in [0.717, 1.165) is 22.4 Å². The lowest BCUT2D eigenvalue weighted by atomic mass is 10.1. The van der Waals surface area contributed by atoms with Crippen molar-refractivity contribution in [3.63, 3.8) is 0 Å². The van der Waals surface area contributed by atoms with E-state index >= 15 is 0 Å². The molecule has 17 heavy (non-hydrogen) atoms. The SMILES string of the molecule is COCCn1cnnc1-c1cc(C)cc(Br)c1. The van der Waals surface area contributed by atoms with Gasteiger partial charge in [0.1, 0.15) is 6.33 Å². The van der Waals surface area contributed by atoms with Gasteiger partial charge in [-0.25, -0.2) is 0 Å². The van der Waals surface area contributed by atoms with E-state index in [0.29, 0.717) is 6.61 Å². The predicted molar refractivity (Wildman–Crippen MR) is 69.8 cm³/mol. The first-order valence-electron chi connectivity index (χ1n) is 5.35. The van der Waals surface area contributed by atoms with Gasteiger partial charge in [0.25, 0.3) is 0 Å². The summed E-state index contributed by atoms with van der Waals surface area (Å²) in [4.78, 5) is 0. The molecule has 0 amide bonds. The van der Waals surface area contributed by atoms with Crippen LogP contribution in [0.1, 0.15) is 5.56 Å². The molecular weight excluding hydrogens is 282 g/mol. The zero-order chi connectivity index (χ0) is 12.3. The number of halogens is 1. The molecule has 1 aromatic carbocycles. The van der Waals surface area contributed by atoms with Crippen molar-refractivity contribution in [3.05, 3.63) is 34.6 Å². The molecule has 0 aliphatic heterocycles. The van der Waals surface area contributed by atoms with Gasteiger partial charge in [0.2, 0.25) is 0 Å². The zero-order valence-electron chi connectivity index (χ0n) is 9.85. The van der Waals surface area contributed by atoms with Crippen LogP contribution in [0, 0.1) is 6.92 Å². The second-order valence-electron chi connectivity index (χ2n) is 3.86. The molecule has 0 saturated heterocycles. The highest BCUT2D eigenvalue weighted by Crippen LogP contribution is 2.23. The number of hydrogen-bond acceptors (Lipinski definition) is 3. The van der Waals surface area contributed by atoms with Crippen molar-refractivity contribution >= 4 is 15.9 Å². The Labute approximate surface area is 109 Å². The van der Waals surface area contributed by atoms with E-state index in [9.17, 15) is 0 Å². The van der Waals surface area contributed by atoms with Crippen LogP contribution < -0.4 is 0 Å². The molecule has 4 nitrogen and oxygen atoms in total. The van der Waals surface area contributed by atoms with Gasteiger partial charge in [-0.05, 0) is 30.7 Å². The number of rotatable bonds is 4. The maximum atomic E-state index is 5.07. The second kappa shape index (κ2) is 5.42. The molecule has 5 heteroatoms. The Morgan fingerprint density at radius 2 is 2.18 bits per heavy atom. The van der Waals surface area contributed by atoms with Crippen LogP contribution >= 0.6 is 15.9 Å². The van der Waals surface area contributed by atoms with Crippen LogP contribution in [-0.2, 0) is 11.3 Å². The fourth-order valence-corrected chi connectivity index (χ4v) is 2.30. The molecular formula is C12H14BrN3O. The highest BCUT2D eigenvalue weighted by Gasteiger charge is 2.08. The monoisotopic (exact) mass is 295 g/mol. The minimum atomic E-state index is 0.651. The standard InChI is InChI=1S/C12H14BrN3O/c1-9-5-10(7-11(13)6-9)12-15-14-8-16(12)3-4-17-2/h5-8H,3-4H2,1-2H3. The fraction of sp³-hybridized carbons (Fsp3) is 0.333. The van der Waals surface area contributed by atoms with Gasteiger partial charge in [0, 0.05) is 23.7 Å². The largest absolute Gasteiger partial charge is 0.383 e. The van der Waals surface area contributed by atoms with Gasteiger partial charge >= 0.3 is 0 Å². The summed E-state index contributed by atoms with van der Waals surface area (Å²) in [5, 5.41) is 8.11. The van der Waals surface area contributed by atoms with Crippen LogP contribution in [0.25, 0.3) is 11.4 Å². The third kappa shape index (κ3) is 2.92. The third-order valence-corrected chi connectivity index (χ3v) is 2.91. The Morgan fingerprint density at radius 1 is 1.35 bits per heavy atom. The maximum Gasteiger partial charge on any atom is 0.163 e. The fourth-order valence-electron chi connectivity index (χ4n) is 1.70. The molecule has 90 valence electrons. The Balaban J connectivity index is 2.35. The van der Waals surface area contributed by atoms with Crippen LogP contribution in [0.15, 0.2) is 29.0 Å². The predicted octanol–water partition coefficient (Wildman–Crippen LogP) is 2.66. The van der Waals surface area contributed by atoms with Gasteiger partial charge in [-0.2, -0.15) is 0 Å². The molecule has 0 bridgehead atoms. The second-order valence-corrected chi connectivity index (χ2v) is 4.77. The summed E-state index contributed by atoms with van der Waals surface area (Å²) < 4.78 is 8.11. The first-order chi connectivity index (χ1) is 8.20. The van der Waals surface area contributed by atoms with Gasteiger partial charge < -0.3 is 9.30 Å². The van der Waals surface area contributed by atoms with Gasteiger partial charge in [0.05, 0.1) is 6.61 Å². The van der Waals surface area contributed by atoms with Crippen LogP contribution in [0.5, 0.6) is 0 Å². The molecule has 1 aromatic heterocycles. The summed E-state index contributed by atoms with van der Waals surface area (Å²) in [5.74, 6) is 0.867. The third-order valence-electron chi connectivity index (χ3n) is 2.45. The van der Waals surface area contributed by atoms with Crippen LogP contribution in [0.3, 0.4) is 0 Å². The molecule has 0 aliphatic rings. The quantitative estimate of drug-likeness (QED) is 0.871. The summed E-state index contributed by atoms with van der Waals surface area (Å²) in [6, 6.07) is 6.21. The Morgan fingerprint density at radius 3 is 2.88 bits per heavy atom. The van der Waals surface area contributed by atoms with Crippen molar-refractivity contribution in [1.29, 1.82) is 0 Å². The molecule has 0 unspecified atom stereocenters. The normalized spacial score (nSPS) is 10.8. The number of methoxy groups -OCH3 is 1. The molecule has 2 rings (SSSR count). The number of benzene rings is 1. The number of nitrogens with zero attached hydrogens (tertiary/aromatic N) is 3. The van der Waals surface area contributed by atoms with Crippen molar-refractivity contribution in [2.45, 2.75) is 13.5 Å². The van der Waals surface area contributed by atoms with Gasteiger partial charge in [-0.15, -0.1) is 10.2 Å². The summed E-state index contributed by atoms with van der Waals surface area (Å²) in [6.45, 7) is 3.46. The zero-order valence-corrected chi connectivity index (χ0v) is 11.4. The number of ether oxygens (including phenoxy) is 1. The molecule has 0 N–H and O–H groups in total. The lowest BCUT2D eigenvalue weighted by Crippen LogP contribution is -2.05. The van der Waals surface area contributed by atoms with E-state index in [1.807, 2.05) is 10.6 Å². The van der Waals surface area contributed by atoms with E-state index in [4.69, 9.17) is 4.74 Å². The molecule has 0 aliphatic carbocycles. The highest BCUT2D eigenvalue weighted by atomic mass is 79.9. The lowest BCUT2D eigenvalue weighted by molar-refractivity contribution is 0.187. The summed E-state index contributed by atoms with van der Waals surface area (Å²) in [5.41, 5.74) is 2.25. The number of aryl methyl sites for hydroxylation is 1. The van der Waals surface area contributed by atoms with Gasteiger partial charge in [-0.3, -0.25) is 0 Å². The van der Waals surface area contributed by atoms with E-state index in [-0.39, 0.29) is 0 Å². The van der Waals surface area contributed by atoms with E-state index < -0.39 is 0 Å². The molecule has 2 aromatic rings. The van der Waals surface area contributed by atoms with E-state index in [1.165, 1.54) is 5.56 Å². The molecule has 0 atom stereocenters. The Kier molecular flexibility index (Phi) is 3.91. The average Bonchev–Trinajstić information content (AvgIpc) is 2.73. The van der Waals surface area contributed by atoms with E-state index in [2.05, 4.69) is 45.2 Å². The molecule has 0 saturated carbocycles. The number of aromatic nitrogens is 3. The molecule has 0 radical (unpaired) electrons. The average molecular weight is 296 g/mol. The molecule has 1 heterocycles. The van der Waals surface area contributed by atoms with Crippen molar-refractivity contribution in [2.24, 2.45) is 0 Å². The summed E-state index contributed by atoms with van der Waals surface area (Å²) in [6.07, 6.45) is 1.73. The maximum absolute atomic E-state index is 5.07. The minimum Gasteiger partial charge on any atom is -0.383 e. The minimum absolute atomic E-state index is 0.651. The van der Waals surface area contributed by atoms with Crippen molar-refractivity contribution in [1.82, 2.24) is 14.8 Å². The lowest BCUT2D eigenvalue weighted by Gasteiger charge is -2.07. The highest BCUT2D eigenvalue weighted by molar-refractivity contribution is 9.10. The van der Waals surface area contributed by atoms with Crippen LogP contribution in [0.4, 0.5) is 0 Å². The topological polar surface area (TPSA) is 39.9 Å². The van der Waals surface area contributed by atoms with Crippen molar-refractivity contribution in [2.75, 3.05) is 13.7 Å². The Bertz CT molecular complexity index is 490. The first-order valence-corrected chi connectivity index (χ1v) is 6.14. The number of hydrogen-bond donors (Lipinski definition) is 0. The first kappa shape index (κ1) is 12.3.